The number of benzene rings is 3. The first-order valence-electron chi connectivity index (χ1n) is 9.34. The highest BCUT2D eigenvalue weighted by atomic mass is 16.3. The summed E-state index contributed by atoms with van der Waals surface area (Å²) in [5.41, 5.74) is 3.97. The minimum atomic E-state index is 0.220. The molecule has 0 bridgehead atoms. The first-order valence-corrected chi connectivity index (χ1v) is 9.34. The molecule has 0 aliphatic heterocycles. The van der Waals surface area contributed by atoms with Gasteiger partial charge in [0.2, 0.25) is 0 Å². The van der Waals surface area contributed by atoms with E-state index in [-0.39, 0.29) is 12.6 Å². The van der Waals surface area contributed by atoms with Gasteiger partial charge in [-0.2, -0.15) is 0 Å². The lowest BCUT2D eigenvalue weighted by molar-refractivity contribution is 0.165. The Bertz CT molecular complexity index is 743. The molecule has 134 valence electrons. The Balaban J connectivity index is 1.89. The minimum Gasteiger partial charge on any atom is -0.396 e. The SMILES string of the molecule is OCCCN(Cc1ccccc1)C(Cc1ccccc1)c1ccccc1. The molecule has 3 rings (SSSR count). The molecule has 0 aliphatic carbocycles. The van der Waals surface area contributed by atoms with Crippen LogP contribution in [0.15, 0.2) is 91.0 Å². The van der Waals surface area contributed by atoms with Crippen LogP contribution < -0.4 is 0 Å². The fourth-order valence-corrected chi connectivity index (χ4v) is 3.41. The van der Waals surface area contributed by atoms with Crippen LogP contribution in [-0.2, 0) is 13.0 Å². The first kappa shape index (κ1) is 18.4. The normalized spacial score (nSPS) is 12.2. The van der Waals surface area contributed by atoms with Crippen LogP contribution in [0.1, 0.15) is 29.2 Å². The van der Waals surface area contributed by atoms with Gasteiger partial charge in [0.25, 0.3) is 0 Å². The van der Waals surface area contributed by atoms with Gasteiger partial charge < -0.3 is 5.11 Å². The predicted molar refractivity (Wildman–Crippen MR) is 108 cm³/mol. The molecule has 1 atom stereocenters. The lowest BCUT2D eigenvalue weighted by atomic mass is 9.96. The van der Waals surface area contributed by atoms with Crippen molar-refractivity contribution in [2.75, 3.05) is 13.2 Å². The van der Waals surface area contributed by atoms with Gasteiger partial charge in [0.05, 0.1) is 0 Å². The number of hydrogen-bond acceptors (Lipinski definition) is 2. The molecular weight excluding hydrogens is 318 g/mol. The third-order valence-electron chi connectivity index (χ3n) is 4.73. The van der Waals surface area contributed by atoms with Gasteiger partial charge in [0, 0.05) is 25.7 Å². The summed E-state index contributed by atoms with van der Waals surface area (Å²) in [5.74, 6) is 0. The summed E-state index contributed by atoms with van der Waals surface area (Å²) in [6.45, 7) is 1.98. The Kier molecular flexibility index (Phi) is 7.00. The first-order chi connectivity index (χ1) is 12.9. The molecule has 0 saturated carbocycles. The minimum absolute atomic E-state index is 0.220. The monoisotopic (exact) mass is 345 g/mol. The van der Waals surface area contributed by atoms with Gasteiger partial charge in [0.15, 0.2) is 0 Å². The van der Waals surface area contributed by atoms with Crippen molar-refractivity contribution in [1.29, 1.82) is 0 Å². The molecule has 26 heavy (non-hydrogen) atoms. The molecule has 0 amide bonds. The molecule has 3 aromatic rings. The van der Waals surface area contributed by atoms with Crippen molar-refractivity contribution in [2.45, 2.75) is 25.4 Å². The van der Waals surface area contributed by atoms with Crippen LogP contribution >= 0.6 is 0 Å². The van der Waals surface area contributed by atoms with Crippen molar-refractivity contribution in [3.05, 3.63) is 108 Å². The maximum absolute atomic E-state index is 9.40. The summed E-state index contributed by atoms with van der Waals surface area (Å²) < 4.78 is 0. The third-order valence-corrected chi connectivity index (χ3v) is 4.73. The second-order valence-corrected chi connectivity index (χ2v) is 6.65. The summed E-state index contributed by atoms with van der Waals surface area (Å²) in [7, 11) is 0. The van der Waals surface area contributed by atoms with E-state index in [0.717, 1.165) is 25.9 Å². The molecule has 0 fully saturated rings. The predicted octanol–water partition coefficient (Wildman–Crippen LogP) is 4.86. The molecule has 0 heterocycles. The molecule has 3 aromatic carbocycles. The van der Waals surface area contributed by atoms with Crippen molar-refractivity contribution in [3.63, 3.8) is 0 Å². The molecule has 0 aromatic heterocycles. The van der Waals surface area contributed by atoms with Crippen LogP contribution in [0.2, 0.25) is 0 Å². The maximum atomic E-state index is 9.40. The van der Waals surface area contributed by atoms with Crippen molar-refractivity contribution < 1.29 is 5.11 Å². The second-order valence-electron chi connectivity index (χ2n) is 6.65. The van der Waals surface area contributed by atoms with Crippen LogP contribution in [0.5, 0.6) is 0 Å². The van der Waals surface area contributed by atoms with Crippen LogP contribution in [0, 0.1) is 0 Å². The van der Waals surface area contributed by atoms with Gasteiger partial charge in [-0.25, -0.2) is 0 Å². The highest BCUT2D eigenvalue weighted by Gasteiger charge is 2.21. The molecule has 2 heteroatoms. The fourth-order valence-electron chi connectivity index (χ4n) is 3.41. The van der Waals surface area contributed by atoms with Gasteiger partial charge >= 0.3 is 0 Å². The molecule has 2 nitrogen and oxygen atoms in total. The zero-order valence-electron chi connectivity index (χ0n) is 15.2. The number of aliphatic hydroxyl groups excluding tert-OH is 1. The molecule has 1 unspecified atom stereocenters. The summed E-state index contributed by atoms with van der Waals surface area (Å²) in [5, 5.41) is 9.40. The van der Waals surface area contributed by atoms with E-state index in [1.54, 1.807) is 0 Å². The highest BCUT2D eigenvalue weighted by Crippen LogP contribution is 2.27. The van der Waals surface area contributed by atoms with Gasteiger partial charge in [-0.3, -0.25) is 4.90 Å². The standard InChI is InChI=1S/C24H27NO/c26-18-10-17-25(20-22-13-6-2-7-14-22)24(23-15-8-3-9-16-23)19-21-11-4-1-5-12-21/h1-9,11-16,24,26H,10,17-20H2. The lowest BCUT2D eigenvalue weighted by Crippen LogP contribution is -2.31. The summed E-state index contributed by atoms with van der Waals surface area (Å²) in [6.07, 6.45) is 1.74. The second kappa shape index (κ2) is 9.91. The van der Waals surface area contributed by atoms with E-state index in [9.17, 15) is 5.11 Å². The van der Waals surface area contributed by atoms with E-state index in [4.69, 9.17) is 0 Å². The number of aliphatic hydroxyl groups is 1. The van der Waals surface area contributed by atoms with Crippen LogP contribution in [-0.4, -0.2) is 23.2 Å². The quantitative estimate of drug-likeness (QED) is 0.599. The Morgan fingerprint density at radius 2 is 1.23 bits per heavy atom. The molecule has 0 aliphatic rings. The Morgan fingerprint density at radius 1 is 0.692 bits per heavy atom. The Hall–Kier alpha value is -2.42. The van der Waals surface area contributed by atoms with Crippen LogP contribution in [0.3, 0.4) is 0 Å². The largest absolute Gasteiger partial charge is 0.396 e. The van der Waals surface area contributed by atoms with E-state index < -0.39 is 0 Å². The summed E-state index contributed by atoms with van der Waals surface area (Å²) in [6, 6.07) is 32.3. The van der Waals surface area contributed by atoms with Crippen molar-refractivity contribution >= 4 is 0 Å². The molecule has 1 N–H and O–H groups in total. The van der Waals surface area contributed by atoms with Gasteiger partial charge in [-0.05, 0) is 29.5 Å². The fraction of sp³-hybridized carbons (Fsp3) is 0.250. The van der Waals surface area contributed by atoms with Gasteiger partial charge in [-0.15, -0.1) is 0 Å². The van der Waals surface area contributed by atoms with Gasteiger partial charge in [0.1, 0.15) is 0 Å². The summed E-state index contributed by atoms with van der Waals surface area (Å²) in [4.78, 5) is 2.49. The van der Waals surface area contributed by atoms with Crippen molar-refractivity contribution in [1.82, 2.24) is 4.90 Å². The van der Waals surface area contributed by atoms with E-state index in [1.165, 1.54) is 16.7 Å². The Labute approximate surface area is 156 Å². The number of hydrogen-bond donors (Lipinski definition) is 1. The highest BCUT2D eigenvalue weighted by molar-refractivity contribution is 5.25. The Morgan fingerprint density at radius 3 is 1.81 bits per heavy atom. The summed E-state index contributed by atoms with van der Waals surface area (Å²) >= 11 is 0. The zero-order chi connectivity index (χ0) is 18.0. The maximum Gasteiger partial charge on any atom is 0.0443 e. The van der Waals surface area contributed by atoms with Crippen molar-refractivity contribution in [2.24, 2.45) is 0 Å². The average Bonchev–Trinajstić information content (AvgIpc) is 2.72. The van der Waals surface area contributed by atoms with Crippen LogP contribution in [0.25, 0.3) is 0 Å². The lowest BCUT2D eigenvalue weighted by Gasteiger charge is -2.32. The average molecular weight is 345 g/mol. The van der Waals surface area contributed by atoms with Crippen molar-refractivity contribution in [3.8, 4) is 0 Å². The molecule has 0 radical (unpaired) electrons. The van der Waals surface area contributed by atoms with E-state index >= 15 is 0 Å². The number of nitrogens with zero attached hydrogens (tertiary/aromatic N) is 1. The van der Waals surface area contributed by atoms with Gasteiger partial charge in [-0.1, -0.05) is 91.0 Å². The molecule has 0 spiro atoms. The smallest absolute Gasteiger partial charge is 0.0443 e. The van der Waals surface area contributed by atoms with E-state index in [1.807, 2.05) is 0 Å². The molecular formula is C24H27NO. The third kappa shape index (κ3) is 5.29. The van der Waals surface area contributed by atoms with Crippen LogP contribution in [0.4, 0.5) is 0 Å². The van der Waals surface area contributed by atoms with E-state index in [2.05, 4.69) is 95.9 Å². The zero-order valence-corrected chi connectivity index (χ0v) is 15.2. The molecule has 0 saturated heterocycles. The van der Waals surface area contributed by atoms with E-state index in [0.29, 0.717) is 0 Å². The number of rotatable bonds is 9. The topological polar surface area (TPSA) is 23.5 Å².